The number of ketones is 1. The van der Waals surface area contributed by atoms with Gasteiger partial charge in [-0.2, -0.15) is 4.98 Å². The number of nitrogens with one attached hydrogen (secondary N) is 2. The molecule has 2 aliphatic rings. The molecular formula is C23H31FN6O. The minimum atomic E-state index is -0.513. The maximum absolute atomic E-state index is 14.3. The van der Waals surface area contributed by atoms with Crippen LogP contribution in [0.15, 0.2) is 24.4 Å². The second-order valence-electron chi connectivity index (χ2n) is 8.71. The zero-order valence-electron chi connectivity index (χ0n) is 18.5. The number of nitrogens with zero attached hydrogens (tertiary/aromatic N) is 4. The minimum Gasteiger partial charge on any atom is -0.369 e. The first-order valence-electron chi connectivity index (χ1n) is 11.0. The first-order chi connectivity index (χ1) is 14.9. The molecule has 0 amide bonds. The van der Waals surface area contributed by atoms with Crippen LogP contribution in [0.2, 0.25) is 0 Å². The van der Waals surface area contributed by atoms with Crippen LogP contribution >= 0.6 is 0 Å². The monoisotopic (exact) mass is 426 g/mol. The number of hydrogen-bond acceptors (Lipinski definition) is 7. The summed E-state index contributed by atoms with van der Waals surface area (Å²) in [6.45, 7) is 7.85. The first-order valence-corrected chi connectivity index (χ1v) is 11.0. The lowest BCUT2D eigenvalue weighted by Gasteiger charge is -2.35. The number of aryl methyl sites for hydroxylation is 1. The number of hydrogen-bond donors (Lipinski definition) is 2. The van der Waals surface area contributed by atoms with Crippen LogP contribution in [0.1, 0.15) is 31.7 Å². The first kappa shape index (κ1) is 21.5. The van der Waals surface area contributed by atoms with Crippen molar-refractivity contribution in [2.24, 2.45) is 5.92 Å². The molecule has 0 radical (unpaired) electrons. The average Bonchev–Trinajstić information content (AvgIpc) is 3.20. The predicted octanol–water partition coefficient (Wildman–Crippen LogP) is 3.59. The van der Waals surface area contributed by atoms with Crippen LogP contribution in [-0.2, 0) is 4.79 Å². The number of rotatable bonds is 6. The third kappa shape index (κ3) is 4.95. The van der Waals surface area contributed by atoms with E-state index in [1.165, 1.54) is 17.4 Å². The van der Waals surface area contributed by atoms with Crippen molar-refractivity contribution in [3.63, 3.8) is 0 Å². The quantitative estimate of drug-likeness (QED) is 0.731. The van der Waals surface area contributed by atoms with Gasteiger partial charge in [0, 0.05) is 49.5 Å². The number of Topliss-reactive ketones (excluding diaryl/α,β-unsaturated/α-hetero) is 1. The summed E-state index contributed by atoms with van der Waals surface area (Å²) in [5, 5.41) is 6.32. The van der Waals surface area contributed by atoms with Gasteiger partial charge in [-0.05, 0) is 57.5 Å². The largest absolute Gasteiger partial charge is 0.369 e. The number of aromatic nitrogens is 2. The fourth-order valence-electron chi connectivity index (χ4n) is 4.59. The molecule has 166 valence electrons. The summed E-state index contributed by atoms with van der Waals surface area (Å²) in [4.78, 5) is 25.0. The lowest BCUT2D eigenvalue weighted by molar-refractivity contribution is -0.120. The van der Waals surface area contributed by atoms with Crippen molar-refractivity contribution in [2.45, 2.75) is 39.2 Å². The number of piperazine rings is 1. The summed E-state index contributed by atoms with van der Waals surface area (Å²) < 4.78 is 14.3. The van der Waals surface area contributed by atoms with E-state index in [0.29, 0.717) is 5.95 Å². The molecule has 2 heterocycles. The molecule has 2 fully saturated rings. The van der Waals surface area contributed by atoms with Gasteiger partial charge in [-0.15, -0.1) is 0 Å². The van der Waals surface area contributed by atoms with Crippen LogP contribution in [-0.4, -0.2) is 59.9 Å². The highest BCUT2D eigenvalue weighted by Crippen LogP contribution is 2.30. The summed E-state index contributed by atoms with van der Waals surface area (Å²) in [7, 11) is 2.15. The second-order valence-corrected chi connectivity index (χ2v) is 8.71. The van der Waals surface area contributed by atoms with Gasteiger partial charge in [0.25, 0.3) is 0 Å². The van der Waals surface area contributed by atoms with Gasteiger partial charge in [-0.1, -0.05) is 6.42 Å². The molecule has 1 aliphatic heterocycles. The molecular weight excluding hydrogens is 395 g/mol. The number of likely N-dealkylation sites (N-methyl/N-ethyl adjacent to an activating group) is 1. The third-order valence-electron chi connectivity index (χ3n) is 6.40. The number of anilines is 4. The molecule has 2 N–H and O–H groups in total. The fourth-order valence-corrected chi connectivity index (χ4v) is 4.59. The minimum absolute atomic E-state index is 0.0835. The van der Waals surface area contributed by atoms with Crippen molar-refractivity contribution in [3.05, 3.63) is 35.8 Å². The average molecular weight is 427 g/mol. The van der Waals surface area contributed by atoms with E-state index in [2.05, 4.69) is 56.5 Å². The SMILES string of the molecule is CC(=O)[C@@H]1CCC[C@H]1Nc1nc(Nc2ccc(N3CCN(C)CC3)c(C)c2)ncc1F. The Morgan fingerprint density at radius 1 is 1.19 bits per heavy atom. The number of carbonyl (C=O) groups excluding carboxylic acids is 1. The molecule has 4 rings (SSSR count). The highest BCUT2D eigenvalue weighted by atomic mass is 19.1. The standard InChI is InChI=1S/C23H31FN6O/c1-15-13-17(7-8-21(15)30-11-9-29(3)10-12-30)26-23-25-14-19(24)22(28-23)27-20-6-4-5-18(20)16(2)31/h7-8,13-14,18,20H,4-6,9-12H2,1-3H3,(H2,25,26,27,28)/t18-,20+/m0/s1. The van der Waals surface area contributed by atoms with E-state index in [9.17, 15) is 9.18 Å². The Labute approximate surface area is 183 Å². The van der Waals surface area contributed by atoms with Gasteiger partial charge in [0.05, 0.1) is 6.20 Å². The van der Waals surface area contributed by atoms with Crippen molar-refractivity contribution in [1.82, 2.24) is 14.9 Å². The van der Waals surface area contributed by atoms with Gasteiger partial charge in [0.1, 0.15) is 5.78 Å². The lowest BCUT2D eigenvalue weighted by Crippen LogP contribution is -2.44. The van der Waals surface area contributed by atoms with E-state index in [4.69, 9.17) is 0 Å². The van der Waals surface area contributed by atoms with E-state index in [-0.39, 0.29) is 23.6 Å². The van der Waals surface area contributed by atoms with E-state index >= 15 is 0 Å². The number of benzene rings is 1. The smallest absolute Gasteiger partial charge is 0.229 e. The number of halogens is 1. The fraction of sp³-hybridized carbons (Fsp3) is 0.522. The Morgan fingerprint density at radius 2 is 1.97 bits per heavy atom. The van der Waals surface area contributed by atoms with Crippen LogP contribution in [0.5, 0.6) is 0 Å². The zero-order chi connectivity index (χ0) is 22.0. The molecule has 7 nitrogen and oxygen atoms in total. The highest BCUT2D eigenvalue weighted by Gasteiger charge is 2.31. The van der Waals surface area contributed by atoms with Crippen LogP contribution in [0.3, 0.4) is 0 Å². The molecule has 1 aromatic carbocycles. The molecule has 0 unspecified atom stereocenters. The third-order valence-corrected chi connectivity index (χ3v) is 6.40. The van der Waals surface area contributed by atoms with Gasteiger partial charge in [0.2, 0.25) is 5.95 Å². The zero-order valence-corrected chi connectivity index (χ0v) is 18.5. The van der Waals surface area contributed by atoms with E-state index in [0.717, 1.165) is 51.1 Å². The summed E-state index contributed by atoms with van der Waals surface area (Å²) in [5.41, 5.74) is 3.26. The maximum Gasteiger partial charge on any atom is 0.229 e. The van der Waals surface area contributed by atoms with Gasteiger partial charge < -0.3 is 20.4 Å². The normalized spacial score (nSPS) is 21.9. The van der Waals surface area contributed by atoms with Crippen LogP contribution in [0, 0.1) is 18.7 Å². The van der Waals surface area contributed by atoms with Crippen LogP contribution < -0.4 is 15.5 Å². The molecule has 1 saturated heterocycles. The number of carbonyl (C=O) groups is 1. The molecule has 1 aromatic heterocycles. The predicted molar refractivity (Wildman–Crippen MR) is 122 cm³/mol. The lowest BCUT2D eigenvalue weighted by atomic mass is 9.99. The van der Waals surface area contributed by atoms with Crippen molar-refractivity contribution in [3.8, 4) is 0 Å². The Hall–Kier alpha value is -2.74. The molecule has 1 saturated carbocycles. The van der Waals surface area contributed by atoms with Crippen molar-refractivity contribution >= 4 is 28.9 Å². The summed E-state index contributed by atoms with van der Waals surface area (Å²) in [5.74, 6) is 0.00469. The molecule has 31 heavy (non-hydrogen) atoms. The highest BCUT2D eigenvalue weighted by molar-refractivity contribution is 5.80. The van der Waals surface area contributed by atoms with E-state index in [1.807, 2.05) is 6.07 Å². The maximum atomic E-state index is 14.3. The second kappa shape index (κ2) is 9.18. The molecule has 8 heteroatoms. The van der Waals surface area contributed by atoms with Crippen LogP contribution in [0.4, 0.5) is 27.5 Å². The van der Waals surface area contributed by atoms with Crippen molar-refractivity contribution in [2.75, 3.05) is 48.8 Å². The Bertz CT molecular complexity index is 944. The molecule has 0 bridgehead atoms. The Balaban J connectivity index is 1.46. The van der Waals surface area contributed by atoms with Gasteiger partial charge in [0.15, 0.2) is 11.6 Å². The summed E-state index contributed by atoms with van der Waals surface area (Å²) in [6, 6.07) is 6.10. The van der Waals surface area contributed by atoms with Crippen molar-refractivity contribution in [1.29, 1.82) is 0 Å². The summed E-state index contributed by atoms with van der Waals surface area (Å²) >= 11 is 0. The Morgan fingerprint density at radius 3 is 2.68 bits per heavy atom. The molecule has 2 atom stereocenters. The van der Waals surface area contributed by atoms with Gasteiger partial charge in [-0.3, -0.25) is 4.79 Å². The molecule has 0 spiro atoms. The van der Waals surface area contributed by atoms with Crippen molar-refractivity contribution < 1.29 is 9.18 Å². The van der Waals surface area contributed by atoms with Gasteiger partial charge >= 0.3 is 0 Å². The topological polar surface area (TPSA) is 73.4 Å². The van der Waals surface area contributed by atoms with E-state index < -0.39 is 5.82 Å². The molecule has 1 aliphatic carbocycles. The Kier molecular flexibility index (Phi) is 6.36. The van der Waals surface area contributed by atoms with Gasteiger partial charge in [-0.25, -0.2) is 9.37 Å². The van der Waals surface area contributed by atoms with Crippen LogP contribution in [0.25, 0.3) is 0 Å². The van der Waals surface area contributed by atoms with E-state index in [1.54, 1.807) is 6.92 Å². The molecule has 2 aromatic rings. The summed E-state index contributed by atoms with van der Waals surface area (Å²) in [6.07, 6.45) is 3.80.